The van der Waals surface area contributed by atoms with Gasteiger partial charge in [0, 0.05) is 28.2 Å². The topological polar surface area (TPSA) is 48.1 Å². The van der Waals surface area contributed by atoms with Gasteiger partial charge in [-0.3, -0.25) is 0 Å². The van der Waals surface area contributed by atoms with Gasteiger partial charge in [-0.05, 0) is 45.8 Å². The number of benzene rings is 1. The molecular weight excluding hydrogens is 312 g/mol. The van der Waals surface area contributed by atoms with Crippen LogP contribution in [0.3, 0.4) is 0 Å². The standard InChI is InChI=1S/C13H13BrN2OS/c1-17-12-5-9(4-11(15)6-12)8-18-13-3-2-10(14)7-16-13/h2-7H,8,15H2,1H3. The molecule has 0 radical (unpaired) electrons. The average molecular weight is 325 g/mol. The highest BCUT2D eigenvalue weighted by Gasteiger charge is 2.01. The molecule has 2 N–H and O–H groups in total. The maximum Gasteiger partial charge on any atom is 0.121 e. The molecule has 0 unspecified atom stereocenters. The van der Waals surface area contributed by atoms with E-state index in [9.17, 15) is 0 Å². The number of nitrogens with two attached hydrogens (primary N) is 1. The van der Waals surface area contributed by atoms with E-state index in [-0.39, 0.29) is 0 Å². The number of rotatable bonds is 4. The molecule has 0 atom stereocenters. The van der Waals surface area contributed by atoms with Crippen molar-refractivity contribution < 1.29 is 4.74 Å². The van der Waals surface area contributed by atoms with Gasteiger partial charge in [0.15, 0.2) is 0 Å². The van der Waals surface area contributed by atoms with E-state index in [0.717, 1.165) is 26.6 Å². The number of methoxy groups -OCH3 is 1. The zero-order valence-corrected chi connectivity index (χ0v) is 12.3. The number of ether oxygens (including phenoxy) is 1. The van der Waals surface area contributed by atoms with Crippen LogP contribution in [-0.4, -0.2) is 12.1 Å². The van der Waals surface area contributed by atoms with Crippen molar-refractivity contribution in [1.82, 2.24) is 4.98 Å². The van der Waals surface area contributed by atoms with Gasteiger partial charge in [-0.1, -0.05) is 0 Å². The lowest BCUT2D eigenvalue weighted by atomic mass is 10.2. The van der Waals surface area contributed by atoms with E-state index in [4.69, 9.17) is 10.5 Å². The Kier molecular flexibility index (Phi) is 4.49. The number of nitrogens with zero attached hydrogens (tertiary/aromatic N) is 1. The minimum Gasteiger partial charge on any atom is -0.497 e. The Labute approximate surface area is 119 Å². The fourth-order valence-corrected chi connectivity index (χ4v) is 2.50. The molecule has 0 fully saturated rings. The Morgan fingerprint density at radius 3 is 2.83 bits per heavy atom. The average Bonchev–Trinajstić information content (AvgIpc) is 2.37. The monoisotopic (exact) mass is 324 g/mol. The summed E-state index contributed by atoms with van der Waals surface area (Å²) < 4.78 is 6.18. The summed E-state index contributed by atoms with van der Waals surface area (Å²) in [5.74, 6) is 1.60. The summed E-state index contributed by atoms with van der Waals surface area (Å²) in [7, 11) is 1.64. The van der Waals surface area contributed by atoms with Gasteiger partial charge in [0.1, 0.15) is 5.75 Å². The minimum absolute atomic E-state index is 0.716. The van der Waals surface area contributed by atoms with Crippen molar-refractivity contribution in [3.63, 3.8) is 0 Å². The predicted octanol–water partition coefficient (Wildman–Crippen LogP) is 3.73. The van der Waals surface area contributed by atoms with E-state index in [1.54, 1.807) is 25.1 Å². The number of anilines is 1. The molecule has 0 aliphatic rings. The molecule has 94 valence electrons. The third-order valence-corrected chi connectivity index (χ3v) is 3.80. The van der Waals surface area contributed by atoms with Gasteiger partial charge in [0.05, 0.1) is 12.1 Å². The molecule has 0 aliphatic carbocycles. The van der Waals surface area contributed by atoms with E-state index < -0.39 is 0 Å². The largest absolute Gasteiger partial charge is 0.497 e. The van der Waals surface area contributed by atoms with E-state index in [1.807, 2.05) is 30.3 Å². The highest BCUT2D eigenvalue weighted by molar-refractivity contribution is 9.10. The fraction of sp³-hybridized carbons (Fsp3) is 0.154. The van der Waals surface area contributed by atoms with Gasteiger partial charge >= 0.3 is 0 Å². The van der Waals surface area contributed by atoms with Crippen molar-refractivity contribution in [2.24, 2.45) is 0 Å². The Morgan fingerprint density at radius 1 is 1.33 bits per heavy atom. The van der Waals surface area contributed by atoms with Crippen LogP contribution in [0.4, 0.5) is 5.69 Å². The van der Waals surface area contributed by atoms with Crippen molar-refractivity contribution in [2.45, 2.75) is 10.8 Å². The van der Waals surface area contributed by atoms with Gasteiger partial charge in [-0.25, -0.2) is 4.98 Å². The van der Waals surface area contributed by atoms with E-state index in [2.05, 4.69) is 20.9 Å². The van der Waals surface area contributed by atoms with Crippen LogP contribution in [0.25, 0.3) is 0 Å². The predicted molar refractivity (Wildman–Crippen MR) is 78.9 cm³/mol. The minimum atomic E-state index is 0.716. The normalized spacial score (nSPS) is 10.3. The molecule has 0 saturated heterocycles. The SMILES string of the molecule is COc1cc(N)cc(CSc2ccc(Br)cn2)c1. The Bertz CT molecular complexity index is 531. The molecule has 1 aromatic carbocycles. The van der Waals surface area contributed by atoms with E-state index in [1.165, 1.54) is 0 Å². The Balaban J connectivity index is 2.05. The summed E-state index contributed by atoms with van der Waals surface area (Å²) in [6.07, 6.45) is 1.79. The number of nitrogen functional groups attached to an aromatic ring is 1. The maximum atomic E-state index is 5.81. The first-order chi connectivity index (χ1) is 8.67. The number of halogens is 1. The van der Waals surface area contributed by atoms with Crippen molar-refractivity contribution in [3.05, 3.63) is 46.6 Å². The Morgan fingerprint density at radius 2 is 2.17 bits per heavy atom. The first kappa shape index (κ1) is 13.2. The highest BCUT2D eigenvalue weighted by atomic mass is 79.9. The number of aromatic nitrogens is 1. The van der Waals surface area contributed by atoms with Crippen LogP contribution >= 0.6 is 27.7 Å². The van der Waals surface area contributed by atoms with E-state index >= 15 is 0 Å². The number of thioether (sulfide) groups is 1. The van der Waals surface area contributed by atoms with Crippen LogP contribution < -0.4 is 10.5 Å². The van der Waals surface area contributed by atoms with Gasteiger partial charge in [0.2, 0.25) is 0 Å². The fourth-order valence-electron chi connectivity index (χ4n) is 1.49. The third-order valence-electron chi connectivity index (χ3n) is 2.31. The molecule has 3 nitrogen and oxygen atoms in total. The molecule has 0 aliphatic heterocycles. The van der Waals surface area contributed by atoms with Crippen LogP contribution in [0.2, 0.25) is 0 Å². The first-order valence-corrected chi connectivity index (χ1v) is 7.13. The van der Waals surface area contributed by atoms with Crippen LogP contribution in [0, 0.1) is 0 Å². The second-order valence-electron chi connectivity index (χ2n) is 3.72. The van der Waals surface area contributed by atoms with Crippen molar-refractivity contribution in [1.29, 1.82) is 0 Å². The quantitative estimate of drug-likeness (QED) is 0.687. The molecule has 1 aromatic heterocycles. The van der Waals surface area contributed by atoms with Gasteiger partial charge in [-0.15, -0.1) is 11.8 Å². The third kappa shape index (κ3) is 3.65. The second kappa shape index (κ2) is 6.11. The molecule has 18 heavy (non-hydrogen) atoms. The van der Waals surface area contributed by atoms with Gasteiger partial charge < -0.3 is 10.5 Å². The van der Waals surface area contributed by atoms with Crippen LogP contribution in [0.15, 0.2) is 46.0 Å². The summed E-state index contributed by atoms with van der Waals surface area (Å²) in [5.41, 5.74) is 7.66. The maximum absolute atomic E-state index is 5.81. The van der Waals surface area contributed by atoms with Gasteiger partial charge in [-0.2, -0.15) is 0 Å². The molecular formula is C13H13BrN2OS. The molecule has 0 bridgehead atoms. The summed E-state index contributed by atoms with van der Waals surface area (Å²) in [4.78, 5) is 4.31. The van der Waals surface area contributed by atoms with Crippen molar-refractivity contribution in [3.8, 4) is 5.75 Å². The second-order valence-corrected chi connectivity index (χ2v) is 5.63. The molecule has 0 spiro atoms. The lowest BCUT2D eigenvalue weighted by Crippen LogP contribution is -1.91. The van der Waals surface area contributed by atoms with Crippen LogP contribution in [0.5, 0.6) is 5.75 Å². The van der Waals surface area contributed by atoms with Crippen molar-refractivity contribution in [2.75, 3.05) is 12.8 Å². The zero-order chi connectivity index (χ0) is 13.0. The number of hydrogen-bond acceptors (Lipinski definition) is 4. The van der Waals surface area contributed by atoms with Gasteiger partial charge in [0.25, 0.3) is 0 Å². The molecule has 2 rings (SSSR count). The number of hydrogen-bond donors (Lipinski definition) is 1. The van der Waals surface area contributed by atoms with Crippen LogP contribution in [0.1, 0.15) is 5.56 Å². The molecule has 0 saturated carbocycles. The summed E-state index contributed by atoms with van der Waals surface area (Å²) in [5, 5.41) is 0.986. The first-order valence-electron chi connectivity index (χ1n) is 5.35. The smallest absolute Gasteiger partial charge is 0.121 e. The van der Waals surface area contributed by atoms with E-state index in [0.29, 0.717) is 5.69 Å². The summed E-state index contributed by atoms with van der Waals surface area (Å²) in [6.45, 7) is 0. The molecule has 1 heterocycles. The highest BCUT2D eigenvalue weighted by Crippen LogP contribution is 2.26. The molecule has 5 heteroatoms. The number of pyridine rings is 1. The summed E-state index contributed by atoms with van der Waals surface area (Å²) in [6, 6.07) is 9.72. The molecule has 0 amide bonds. The summed E-state index contributed by atoms with van der Waals surface area (Å²) >= 11 is 5.03. The lowest BCUT2D eigenvalue weighted by molar-refractivity contribution is 0.414. The van der Waals surface area contributed by atoms with Crippen LogP contribution in [-0.2, 0) is 5.75 Å². The Hall–Kier alpha value is -1.20. The lowest BCUT2D eigenvalue weighted by Gasteiger charge is -2.06. The van der Waals surface area contributed by atoms with Crippen molar-refractivity contribution >= 4 is 33.4 Å². The molecule has 2 aromatic rings. The zero-order valence-electron chi connectivity index (χ0n) is 9.89.